The molecule has 68 valence electrons. The highest BCUT2D eigenvalue weighted by atomic mass is 15.2. The van der Waals surface area contributed by atoms with E-state index in [9.17, 15) is 0 Å². The van der Waals surface area contributed by atoms with Crippen LogP contribution < -0.4 is 0 Å². The number of nitriles is 1. The number of hydrogen-bond donors (Lipinski definition) is 0. The molecule has 0 aliphatic carbocycles. The van der Waals surface area contributed by atoms with Crippen LogP contribution in [0, 0.1) is 17.2 Å². The molecule has 12 heavy (non-hydrogen) atoms. The molecule has 3 atom stereocenters. The normalized spacial score (nSPS) is 33.2. The Bertz CT molecular complexity index is 183. The lowest BCUT2D eigenvalue weighted by Crippen LogP contribution is -2.36. The van der Waals surface area contributed by atoms with E-state index in [2.05, 4.69) is 31.7 Å². The second-order valence-corrected chi connectivity index (χ2v) is 3.96. The van der Waals surface area contributed by atoms with E-state index in [0.717, 1.165) is 5.92 Å². The molecule has 0 aromatic rings. The van der Waals surface area contributed by atoms with E-state index in [0.29, 0.717) is 18.5 Å². The van der Waals surface area contributed by atoms with Crippen LogP contribution in [0.25, 0.3) is 0 Å². The minimum Gasteiger partial charge on any atom is -0.297 e. The molecule has 1 aliphatic rings. The Labute approximate surface area is 75.2 Å². The van der Waals surface area contributed by atoms with E-state index in [1.165, 1.54) is 13.0 Å². The molecular weight excluding hydrogens is 148 g/mol. The molecule has 0 N–H and O–H groups in total. The lowest BCUT2D eigenvalue weighted by atomic mass is 10.0. The maximum Gasteiger partial charge on any atom is 0.0638 e. The van der Waals surface area contributed by atoms with Gasteiger partial charge >= 0.3 is 0 Å². The van der Waals surface area contributed by atoms with E-state index in [4.69, 9.17) is 5.26 Å². The first-order chi connectivity index (χ1) is 5.66. The summed E-state index contributed by atoms with van der Waals surface area (Å²) < 4.78 is 0. The summed E-state index contributed by atoms with van der Waals surface area (Å²) in [5.41, 5.74) is 0. The molecule has 1 fully saturated rings. The van der Waals surface area contributed by atoms with Crippen LogP contribution in [-0.2, 0) is 0 Å². The van der Waals surface area contributed by atoms with Crippen LogP contribution >= 0.6 is 0 Å². The summed E-state index contributed by atoms with van der Waals surface area (Å²) in [6.45, 7) is 7.89. The molecule has 0 aromatic carbocycles. The maximum absolute atomic E-state index is 8.57. The molecule has 1 aliphatic heterocycles. The van der Waals surface area contributed by atoms with Gasteiger partial charge in [0.05, 0.1) is 12.5 Å². The predicted octanol–water partition coefficient (Wildman–Crippen LogP) is 2.02. The van der Waals surface area contributed by atoms with Crippen LogP contribution in [0.2, 0.25) is 0 Å². The van der Waals surface area contributed by atoms with Crippen molar-refractivity contribution in [3.63, 3.8) is 0 Å². The molecule has 0 amide bonds. The quantitative estimate of drug-likeness (QED) is 0.627. The van der Waals surface area contributed by atoms with Crippen molar-refractivity contribution in [3.8, 4) is 6.07 Å². The highest BCUT2D eigenvalue weighted by Crippen LogP contribution is 2.25. The monoisotopic (exact) mass is 166 g/mol. The van der Waals surface area contributed by atoms with Crippen LogP contribution in [0.4, 0.5) is 0 Å². The van der Waals surface area contributed by atoms with Crippen LogP contribution in [0.15, 0.2) is 0 Å². The van der Waals surface area contributed by atoms with Gasteiger partial charge in [-0.25, -0.2) is 0 Å². The number of rotatable bonds is 2. The Balaban J connectivity index is 2.48. The van der Waals surface area contributed by atoms with Crippen molar-refractivity contribution >= 4 is 0 Å². The van der Waals surface area contributed by atoms with Gasteiger partial charge in [0.1, 0.15) is 0 Å². The van der Waals surface area contributed by atoms with E-state index in [-0.39, 0.29) is 0 Å². The van der Waals surface area contributed by atoms with Crippen LogP contribution in [0.1, 0.15) is 33.6 Å². The molecular formula is C10H18N2. The first kappa shape index (κ1) is 9.54. The van der Waals surface area contributed by atoms with E-state index >= 15 is 0 Å². The van der Waals surface area contributed by atoms with Gasteiger partial charge in [0, 0.05) is 12.1 Å². The van der Waals surface area contributed by atoms with Crippen molar-refractivity contribution < 1.29 is 0 Å². The second kappa shape index (κ2) is 3.91. The Morgan fingerprint density at radius 1 is 1.58 bits per heavy atom. The zero-order valence-corrected chi connectivity index (χ0v) is 8.25. The van der Waals surface area contributed by atoms with E-state index in [1.54, 1.807) is 0 Å². The summed E-state index contributed by atoms with van der Waals surface area (Å²) in [6, 6.07) is 3.34. The average molecular weight is 166 g/mol. The lowest BCUT2D eigenvalue weighted by molar-refractivity contribution is 0.189. The SMILES string of the molecule is CC1CCN(C(C)CC#N)C1C. The summed E-state index contributed by atoms with van der Waals surface area (Å²) in [4.78, 5) is 2.45. The van der Waals surface area contributed by atoms with Gasteiger partial charge in [-0.3, -0.25) is 4.90 Å². The van der Waals surface area contributed by atoms with Gasteiger partial charge in [0.2, 0.25) is 0 Å². The first-order valence-corrected chi connectivity index (χ1v) is 4.79. The van der Waals surface area contributed by atoms with Crippen molar-refractivity contribution in [3.05, 3.63) is 0 Å². The zero-order valence-electron chi connectivity index (χ0n) is 8.25. The molecule has 2 nitrogen and oxygen atoms in total. The molecule has 0 bridgehead atoms. The summed E-state index contributed by atoms with van der Waals surface area (Å²) in [6.07, 6.45) is 1.95. The second-order valence-electron chi connectivity index (χ2n) is 3.96. The topological polar surface area (TPSA) is 27.0 Å². The van der Waals surface area contributed by atoms with Gasteiger partial charge in [-0.05, 0) is 32.7 Å². The Morgan fingerprint density at radius 3 is 2.67 bits per heavy atom. The van der Waals surface area contributed by atoms with Crippen LogP contribution in [-0.4, -0.2) is 23.5 Å². The molecule has 2 heteroatoms. The zero-order chi connectivity index (χ0) is 9.14. The third kappa shape index (κ3) is 1.78. The minimum absolute atomic E-state index is 0.440. The Morgan fingerprint density at radius 2 is 2.25 bits per heavy atom. The third-order valence-corrected chi connectivity index (χ3v) is 3.14. The molecule has 1 heterocycles. The molecule has 0 saturated carbocycles. The van der Waals surface area contributed by atoms with Crippen LogP contribution in [0.5, 0.6) is 0 Å². The van der Waals surface area contributed by atoms with Gasteiger partial charge < -0.3 is 0 Å². The lowest BCUT2D eigenvalue weighted by Gasteiger charge is -2.28. The fraction of sp³-hybridized carbons (Fsp3) is 0.900. The van der Waals surface area contributed by atoms with E-state index < -0.39 is 0 Å². The smallest absolute Gasteiger partial charge is 0.0638 e. The van der Waals surface area contributed by atoms with Crippen LogP contribution in [0.3, 0.4) is 0 Å². The Kier molecular flexibility index (Phi) is 3.11. The largest absolute Gasteiger partial charge is 0.297 e. The van der Waals surface area contributed by atoms with Gasteiger partial charge in [0.15, 0.2) is 0 Å². The summed E-state index contributed by atoms with van der Waals surface area (Å²) in [5.74, 6) is 0.797. The molecule has 0 spiro atoms. The molecule has 0 radical (unpaired) electrons. The Hall–Kier alpha value is -0.550. The average Bonchev–Trinajstić information content (AvgIpc) is 2.34. The summed E-state index contributed by atoms with van der Waals surface area (Å²) in [7, 11) is 0. The minimum atomic E-state index is 0.440. The maximum atomic E-state index is 8.57. The highest BCUT2D eigenvalue weighted by molar-refractivity contribution is 4.88. The molecule has 0 aromatic heterocycles. The molecule has 1 saturated heterocycles. The third-order valence-electron chi connectivity index (χ3n) is 3.14. The van der Waals surface area contributed by atoms with Gasteiger partial charge in [-0.15, -0.1) is 0 Å². The number of likely N-dealkylation sites (tertiary alicyclic amines) is 1. The first-order valence-electron chi connectivity index (χ1n) is 4.79. The van der Waals surface area contributed by atoms with Gasteiger partial charge in [-0.2, -0.15) is 5.26 Å². The number of nitrogens with zero attached hydrogens (tertiary/aromatic N) is 2. The summed E-state index contributed by atoms with van der Waals surface area (Å²) >= 11 is 0. The van der Waals surface area contributed by atoms with Crippen molar-refractivity contribution in [2.75, 3.05) is 6.54 Å². The fourth-order valence-electron chi connectivity index (χ4n) is 2.00. The summed E-state index contributed by atoms with van der Waals surface area (Å²) in [5, 5.41) is 8.57. The van der Waals surface area contributed by atoms with Gasteiger partial charge in [0.25, 0.3) is 0 Å². The van der Waals surface area contributed by atoms with Crippen molar-refractivity contribution in [1.29, 1.82) is 5.26 Å². The van der Waals surface area contributed by atoms with E-state index in [1.807, 2.05) is 0 Å². The predicted molar refractivity (Wildman–Crippen MR) is 49.6 cm³/mol. The number of hydrogen-bond acceptors (Lipinski definition) is 2. The molecule has 1 rings (SSSR count). The van der Waals surface area contributed by atoms with Gasteiger partial charge in [-0.1, -0.05) is 6.92 Å². The standard InChI is InChI=1S/C10H18N2/c1-8-5-7-12(10(8)3)9(2)4-6-11/h8-10H,4-5,7H2,1-3H3. The van der Waals surface area contributed by atoms with Crippen molar-refractivity contribution in [2.24, 2.45) is 5.92 Å². The molecule has 3 unspecified atom stereocenters. The fourth-order valence-corrected chi connectivity index (χ4v) is 2.00. The van der Waals surface area contributed by atoms with Crippen molar-refractivity contribution in [1.82, 2.24) is 4.90 Å². The highest BCUT2D eigenvalue weighted by Gasteiger charge is 2.30. The van der Waals surface area contributed by atoms with Crippen molar-refractivity contribution in [2.45, 2.75) is 45.7 Å².